The molecule has 0 saturated carbocycles. The van der Waals surface area contributed by atoms with Crippen molar-refractivity contribution < 1.29 is 64.4 Å². The van der Waals surface area contributed by atoms with Gasteiger partial charge in [-0.25, -0.2) is 8.42 Å². The average Bonchev–Trinajstić information content (AvgIpc) is 2.24. The molecule has 0 aliphatic rings. The van der Waals surface area contributed by atoms with Gasteiger partial charge in [0, 0.05) is 0 Å². The van der Waals surface area contributed by atoms with E-state index in [4.69, 9.17) is 0 Å². The third-order valence-corrected chi connectivity index (χ3v) is 3.38. The van der Waals surface area contributed by atoms with E-state index in [1.807, 2.05) is 0 Å². The fraction of sp³-hybridized carbons (Fsp3) is 0.500. The fourth-order valence-corrected chi connectivity index (χ4v) is 2.05. The summed E-state index contributed by atoms with van der Waals surface area (Å²) >= 11 is 0. The van der Waals surface area contributed by atoms with Crippen molar-refractivity contribution in [3.8, 4) is 0 Å². The van der Waals surface area contributed by atoms with Gasteiger partial charge < -0.3 is 4.55 Å². The predicted octanol–water partition coefficient (Wildman–Crippen LogP) is -0.282. The van der Waals surface area contributed by atoms with Crippen molar-refractivity contribution in [2.75, 3.05) is 0 Å². The van der Waals surface area contributed by atoms with E-state index < -0.39 is 10.1 Å². The first-order valence-electron chi connectivity index (χ1n) is 5.59. The van der Waals surface area contributed by atoms with Gasteiger partial charge in [0.25, 0.3) is 0 Å². The molecule has 90 valence electrons. The van der Waals surface area contributed by atoms with Crippen LogP contribution in [0.3, 0.4) is 0 Å². The van der Waals surface area contributed by atoms with E-state index in [1.54, 1.807) is 12.1 Å². The summed E-state index contributed by atoms with van der Waals surface area (Å²) in [7, 11) is -4.30. The maximum atomic E-state index is 10.7. The summed E-state index contributed by atoms with van der Waals surface area (Å²) in [5.41, 5.74) is 1.09. The maximum Gasteiger partial charge on any atom is 1.00 e. The Morgan fingerprint density at radius 3 is 2.12 bits per heavy atom. The minimum absolute atomic E-state index is 0. The maximum absolute atomic E-state index is 10.7. The summed E-state index contributed by atoms with van der Waals surface area (Å²) < 4.78 is 32.1. The largest absolute Gasteiger partial charge is 1.00 e. The van der Waals surface area contributed by atoms with Gasteiger partial charge in [-0.2, -0.15) is 0 Å². The summed E-state index contributed by atoms with van der Waals surface area (Å²) in [4.78, 5) is -0.148. The van der Waals surface area contributed by atoms with Crippen LogP contribution in [-0.2, 0) is 16.5 Å². The molecule has 1 aromatic rings. The first-order valence-corrected chi connectivity index (χ1v) is 6.99. The molecule has 0 radical (unpaired) electrons. The van der Waals surface area contributed by atoms with Crippen LogP contribution in [0.5, 0.6) is 0 Å². The summed E-state index contributed by atoms with van der Waals surface area (Å²) in [5.74, 6) is 0. The average molecular weight is 280 g/mol. The van der Waals surface area contributed by atoms with E-state index >= 15 is 0 Å². The molecule has 0 fully saturated rings. The number of hydrogen-bond donors (Lipinski definition) is 0. The molecule has 0 aliphatic heterocycles. The van der Waals surface area contributed by atoms with Gasteiger partial charge in [-0.15, -0.1) is 0 Å². The molecule has 17 heavy (non-hydrogen) atoms. The van der Waals surface area contributed by atoms with Crippen LogP contribution in [-0.4, -0.2) is 13.0 Å². The van der Waals surface area contributed by atoms with Gasteiger partial charge >= 0.3 is 51.4 Å². The Bertz CT molecular complexity index is 412. The zero-order valence-electron chi connectivity index (χ0n) is 10.5. The zero-order valence-corrected chi connectivity index (χ0v) is 14.4. The molecular weight excluding hydrogens is 263 g/mol. The molecule has 3 nitrogen and oxygen atoms in total. The second-order valence-electron chi connectivity index (χ2n) is 3.91. The van der Waals surface area contributed by atoms with Crippen LogP contribution in [0.2, 0.25) is 0 Å². The van der Waals surface area contributed by atoms with Crippen LogP contribution in [0, 0.1) is 0 Å². The minimum Gasteiger partial charge on any atom is -0.744 e. The smallest absolute Gasteiger partial charge is 0.744 e. The normalized spacial score (nSPS) is 10.9. The van der Waals surface area contributed by atoms with E-state index in [-0.39, 0.29) is 56.3 Å². The Morgan fingerprint density at radius 1 is 1.06 bits per heavy atom. The van der Waals surface area contributed by atoms with Crippen LogP contribution in [0.25, 0.3) is 0 Å². The zero-order chi connectivity index (χ0) is 12.0. The van der Waals surface area contributed by atoms with Gasteiger partial charge in [0.05, 0.1) is 4.90 Å². The van der Waals surface area contributed by atoms with Crippen molar-refractivity contribution in [2.45, 2.75) is 43.9 Å². The van der Waals surface area contributed by atoms with Crippen molar-refractivity contribution in [3.05, 3.63) is 29.8 Å². The molecule has 1 aromatic carbocycles. The summed E-state index contributed by atoms with van der Waals surface area (Å²) in [6, 6.07) is 6.21. The van der Waals surface area contributed by atoms with Crippen LogP contribution >= 0.6 is 0 Å². The van der Waals surface area contributed by atoms with Crippen LogP contribution in [0.1, 0.15) is 38.2 Å². The Morgan fingerprint density at radius 2 is 1.65 bits per heavy atom. The Kier molecular flexibility index (Phi) is 9.19. The van der Waals surface area contributed by atoms with Gasteiger partial charge in [0.2, 0.25) is 0 Å². The standard InChI is InChI=1S/C12H18O3S.K/c1-2-3-4-5-6-11-7-9-12(10-8-11)16(13,14)15;/h7-10H,2-6H2,1H3,(H,13,14,15);/q;+1/p-1. The third kappa shape index (κ3) is 7.05. The molecule has 1 rings (SSSR count). The minimum atomic E-state index is -4.30. The predicted molar refractivity (Wildman–Crippen MR) is 62.3 cm³/mol. The van der Waals surface area contributed by atoms with E-state index in [1.165, 1.54) is 31.4 Å². The molecule has 0 spiro atoms. The fourth-order valence-electron chi connectivity index (χ4n) is 1.58. The SMILES string of the molecule is CCCCCCc1ccc(S(=O)(=O)[O-])cc1.[K+]. The molecule has 5 heteroatoms. The summed E-state index contributed by atoms with van der Waals surface area (Å²) in [6.45, 7) is 2.16. The van der Waals surface area contributed by atoms with Crippen LogP contribution in [0.4, 0.5) is 0 Å². The van der Waals surface area contributed by atoms with Crippen molar-refractivity contribution in [1.29, 1.82) is 0 Å². The van der Waals surface area contributed by atoms with Gasteiger partial charge in [-0.05, 0) is 30.5 Å². The van der Waals surface area contributed by atoms with Crippen molar-refractivity contribution in [1.82, 2.24) is 0 Å². The summed E-state index contributed by atoms with van der Waals surface area (Å²) in [5, 5.41) is 0. The first kappa shape index (κ1) is 17.8. The van der Waals surface area contributed by atoms with E-state index in [0.29, 0.717) is 0 Å². The number of unbranched alkanes of at least 4 members (excludes halogenated alkanes) is 3. The molecule has 0 N–H and O–H groups in total. The molecule has 0 atom stereocenters. The van der Waals surface area contributed by atoms with E-state index in [0.717, 1.165) is 18.4 Å². The van der Waals surface area contributed by atoms with Crippen molar-refractivity contribution >= 4 is 10.1 Å². The van der Waals surface area contributed by atoms with Gasteiger partial charge in [0.15, 0.2) is 0 Å². The topological polar surface area (TPSA) is 57.2 Å². The monoisotopic (exact) mass is 280 g/mol. The van der Waals surface area contributed by atoms with Gasteiger partial charge in [-0.1, -0.05) is 38.3 Å². The number of rotatable bonds is 6. The quantitative estimate of drug-likeness (QED) is 0.409. The van der Waals surface area contributed by atoms with Crippen molar-refractivity contribution in [3.63, 3.8) is 0 Å². The van der Waals surface area contributed by atoms with Crippen LogP contribution in [0.15, 0.2) is 29.2 Å². The molecule has 0 amide bonds. The Hall–Kier alpha value is 0.766. The molecule has 0 bridgehead atoms. The molecule has 0 aromatic heterocycles. The molecule has 0 aliphatic carbocycles. The Balaban J connectivity index is 0.00000256. The van der Waals surface area contributed by atoms with Gasteiger partial charge in [0.1, 0.15) is 10.1 Å². The van der Waals surface area contributed by atoms with E-state index in [2.05, 4.69) is 6.92 Å². The first-order chi connectivity index (χ1) is 7.54. The third-order valence-electron chi connectivity index (χ3n) is 2.53. The van der Waals surface area contributed by atoms with Crippen molar-refractivity contribution in [2.24, 2.45) is 0 Å². The van der Waals surface area contributed by atoms with Crippen LogP contribution < -0.4 is 51.4 Å². The second kappa shape index (κ2) is 8.80. The molecular formula is C12H17KO3S. The molecule has 0 heterocycles. The Labute approximate surface area is 146 Å². The number of benzene rings is 1. The summed E-state index contributed by atoms with van der Waals surface area (Å²) in [6.07, 6.45) is 5.68. The molecule has 0 saturated heterocycles. The van der Waals surface area contributed by atoms with E-state index in [9.17, 15) is 13.0 Å². The second-order valence-corrected chi connectivity index (χ2v) is 5.29. The van der Waals surface area contributed by atoms with Gasteiger partial charge in [-0.3, -0.25) is 0 Å². The number of aryl methyl sites for hydroxylation is 1. The molecule has 0 unspecified atom stereocenters. The number of hydrogen-bond acceptors (Lipinski definition) is 3.